The minimum absolute atomic E-state index is 0.369. The molecule has 5 heteroatoms. The molecule has 11 heavy (non-hydrogen) atoms. The van der Waals surface area contributed by atoms with Crippen LogP contribution in [-0.2, 0) is 9.59 Å². The Hall–Kier alpha value is -1.83. The van der Waals surface area contributed by atoms with Crippen molar-refractivity contribution < 1.29 is 14.7 Å². The van der Waals surface area contributed by atoms with Crippen LogP contribution < -0.4 is 5.32 Å². The van der Waals surface area contributed by atoms with Crippen molar-refractivity contribution in [3.63, 3.8) is 0 Å². The van der Waals surface area contributed by atoms with Crippen molar-refractivity contribution in [2.24, 2.45) is 0 Å². The maximum atomic E-state index is 10.5. The molecule has 58 valence electrons. The summed E-state index contributed by atoms with van der Waals surface area (Å²) in [7, 11) is 0. The number of nitrogens with one attached hydrogen (secondary N) is 1. The van der Waals surface area contributed by atoms with Gasteiger partial charge in [-0.2, -0.15) is 5.26 Å². The number of aliphatic carboxylic acids is 1. The van der Waals surface area contributed by atoms with Crippen LogP contribution in [0.5, 0.6) is 0 Å². The summed E-state index contributed by atoms with van der Waals surface area (Å²) in [5.41, 5.74) is -0.426. The molecule has 0 heterocycles. The molecule has 0 aromatic rings. The first-order valence-corrected chi connectivity index (χ1v) is 2.67. The predicted octanol–water partition coefficient (Wildman–Crippen LogP) is -0.385. The Kier molecular flexibility index (Phi) is 3.39. The van der Waals surface area contributed by atoms with Crippen molar-refractivity contribution >= 4 is 11.9 Å². The molecule has 0 aliphatic heterocycles. The van der Waals surface area contributed by atoms with Gasteiger partial charge in [0.15, 0.2) is 0 Å². The number of rotatable bonds is 3. The standard InChI is InChI=1S/C6H6N2O3/c1-4(6(10)11)8-5(9)2-3-7/h1-2H2,(H,8,9)(H,10,11). The van der Waals surface area contributed by atoms with Crippen LogP contribution >= 0.6 is 0 Å². The number of hydrogen-bond donors (Lipinski definition) is 2. The molecule has 2 N–H and O–H groups in total. The van der Waals surface area contributed by atoms with E-state index >= 15 is 0 Å². The van der Waals surface area contributed by atoms with Gasteiger partial charge < -0.3 is 10.4 Å². The third kappa shape index (κ3) is 3.70. The lowest BCUT2D eigenvalue weighted by molar-refractivity contribution is -0.134. The summed E-state index contributed by atoms with van der Waals surface area (Å²) in [4.78, 5) is 20.5. The third-order valence-electron chi connectivity index (χ3n) is 0.788. The van der Waals surface area contributed by atoms with E-state index < -0.39 is 17.6 Å². The molecule has 0 aromatic heterocycles. The molecule has 5 nitrogen and oxygen atoms in total. The lowest BCUT2D eigenvalue weighted by Crippen LogP contribution is -2.25. The van der Waals surface area contributed by atoms with Gasteiger partial charge >= 0.3 is 5.97 Å². The van der Waals surface area contributed by atoms with Crippen molar-refractivity contribution in [3.05, 3.63) is 12.3 Å². The minimum Gasteiger partial charge on any atom is -0.477 e. The Morgan fingerprint density at radius 3 is 2.55 bits per heavy atom. The highest BCUT2D eigenvalue weighted by Crippen LogP contribution is 1.84. The Morgan fingerprint density at radius 1 is 1.64 bits per heavy atom. The molecule has 0 saturated heterocycles. The van der Waals surface area contributed by atoms with Gasteiger partial charge in [-0.3, -0.25) is 4.79 Å². The van der Waals surface area contributed by atoms with Crippen LogP contribution in [0.15, 0.2) is 12.3 Å². The lowest BCUT2D eigenvalue weighted by atomic mass is 10.4. The molecule has 0 bridgehead atoms. The summed E-state index contributed by atoms with van der Waals surface area (Å²) in [5.74, 6) is -1.98. The first kappa shape index (κ1) is 9.17. The highest BCUT2D eigenvalue weighted by molar-refractivity contribution is 5.92. The summed E-state index contributed by atoms with van der Waals surface area (Å²) >= 11 is 0. The fourth-order valence-electron chi connectivity index (χ4n) is 0.338. The lowest BCUT2D eigenvalue weighted by Gasteiger charge is -1.98. The van der Waals surface area contributed by atoms with E-state index in [1.807, 2.05) is 5.32 Å². The summed E-state index contributed by atoms with van der Waals surface area (Å²) in [6.07, 6.45) is -0.369. The Morgan fingerprint density at radius 2 is 2.18 bits per heavy atom. The number of nitrogens with zero attached hydrogens (tertiary/aromatic N) is 1. The van der Waals surface area contributed by atoms with Gasteiger partial charge in [-0.1, -0.05) is 6.58 Å². The van der Waals surface area contributed by atoms with Gasteiger partial charge in [-0.05, 0) is 0 Å². The van der Waals surface area contributed by atoms with Gasteiger partial charge in [0.05, 0.1) is 6.07 Å². The second-order valence-electron chi connectivity index (χ2n) is 1.67. The SMILES string of the molecule is C=C(NC(=O)CC#N)C(=O)O. The van der Waals surface area contributed by atoms with Crippen LogP contribution in [0.1, 0.15) is 6.42 Å². The molecule has 0 aromatic carbocycles. The summed E-state index contributed by atoms with van der Waals surface area (Å²) < 4.78 is 0. The van der Waals surface area contributed by atoms with Crippen LogP contribution in [0.4, 0.5) is 0 Å². The second-order valence-corrected chi connectivity index (χ2v) is 1.67. The first-order chi connectivity index (χ1) is 5.07. The molecule has 0 rings (SSSR count). The van der Waals surface area contributed by atoms with Crippen molar-refractivity contribution in [2.75, 3.05) is 0 Å². The van der Waals surface area contributed by atoms with Crippen molar-refractivity contribution in [2.45, 2.75) is 6.42 Å². The normalized spacial score (nSPS) is 7.91. The number of carboxylic acid groups (broad SMARTS) is 1. The van der Waals surface area contributed by atoms with E-state index in [1.165, 1.54) is 0 Å². The summed E-state index contributed by atoms with van der Waals surface area (Å²) in [6.45, 7) is 3.04. The molecule has 0 aliphatic carbocycles. The molecular weight excluding hydrogens is 148 g/mol. The fraction of sp³-hybridized carbons (Fsp3) is 0.167. The zero-order valence-corrected chi connectivity index (χ0v) is 5.63. The monoisotopic (exact) mass is 154 g/mol. The molecule has 0 radical (unpaired) electrons. The number of carboxylic acids is 1. The maximum absolute atomic E-state index is 10.5. The Labute approximate surface area is 62.9 Å². The van der Waals surface area contributed by atoms with E-state index in [-0.39, 0.29) is 6.42 Å². The molecule has 0 spiro atoms. The Bertz CT molecular complexity index is 239. The fourth-order valence-corrected chi connectivity index (χ4v) is 0.338. The van der Waals surface area contributed by atoms with Crippen LogP contribution in [0.25, 0.3) is 0 Å². The molecule has 0 saturated carbocycles. The van der Waals surface area contributed by atoms with Crippen LogP contribution in [0.2, 0.25) is 0 Å². The zero-order valence-electron chi connectivity index (χ0n) is 5.63. The highest BCUT2D eigenvalue weighted by atomic mass is 16.4. The van der Waals surface area contributed by atoms with E-state index in [4.69, 9.17) is 10.4 Å². The number of nitriles is 1. The van der Waals surface area contributed by atoms with Gasteiger partial charge in [0.1, 0.15) is 12.1 Å². The van der Waals surface area contributed by atoms with E-state index in [9.17, 15) is 9.59 Å². The topological polar surface area (TPSA) is 90.2 Å². The maximum Gasteiger partial charge on any atom is 0.351 e. The van der Waals surface area contributed by atoms with Crippen molar-refractivity contribution in [1.82, 2.24) is 5.32 Å². The van der Waals surface area contributed by atoms with E-state index in [0.717, 1.165) is 0 Å². The number of carbonyl (C=O) groups is 2. The van der Waals surface area contributed by atoms with Gasteiger partial charge in [-0.15, -0.1) is 0 Å². The minimum atomic E-state index is -1.31. The van der Waals surface area contributed by atoms with E-state index in [0.29, 0.717) is 0 Å². The predicted molar refractivity (Wildman–Crippen MR) is 35.1 cm³/mol. The number of hydrogen-bond acceptors (Lipinski definition) is 3. The van der Waals surface area contributed by atoms with Crippen molar-refractivity contribution in [1.29, 1.82) is 5.26 Å². The summed E-state index contributed by atoms with van der Waals surface area (Å²) in [5, 5.41) is 18.1. The third-order valence-corrected chi connectivity index (χ3v) is 0.788. The van der Waals surface area contributed by atoms with Gasteiger partial charge in [0.25, 0.3) is 0 Å². The smallest absolute Gasteiger partial charge is 0.351 e. The van der Waals surface area contributed by atoms with Gasteiger partial charge in [0, 0.05) is 0 Å². The van der Waals surface area contributed by atoms with Crippen LogP contribution in [0, 0.1) is 11.3 Å². The molecule has 0 atom stereocenters. The van der Waals surface area contributed by atoms with E-state index in [1.54, 1.807) is 6.07 Å². The highest BCUT2D eigenvalue weighted by Gasteiger charge is 2.06. The number of carbonyl (C=O) groups excluding carboxylic acids is 1. The second kappa shape index (κ2) is 4.06. The van der Waals surface area contributed by atoms with Crippen LogP contribution in [0.3, 0.4) is 0 Å². The van der Waals surface area contributed by atoms with Crippen molar-refractivity contribution in [3.8, 4) is 6.07 Å². The molecule has 1 amide bonds. The quantitative estimate of drug-likeness (QED) is 0.542. The first-order valence-electron chi connectivity index (χ1n) is 2.67. The largest absolute Gasteiger partial charge is 0.477 e. The molecule has 0 unspecified atom stereocenters. The molecule has 0 fully saturated rings. The molecule has 0 aliphatic rings. The molecular formula is C6H6N2O3. The zero-order chi connectivity index (χ0) is 8.85. The van der Waals surface area contributed by atoms with E-state index in [2.05, 4.69) is 6.58 Å². The number of amides is 1. The van der Waals surface area contributed by atoms with Crippen LogP contribution in [-0.4, -0.2) is 17.0 Å². The average Bonchev–Trinajstić information content (AvgIpc) is 1.87. The van der Waals surface area contributed by atoms with Gasteiger partial charge in [-0.25, -0.2) is 4.79 Å². The average molecular weight is 154 g/mol. The summed E-state index contributed by atoms with van der Waals surface area (Å²) in [6, 6.07) is 1.57. The Balaban J connectivity index is 3.88. The van der Waals surface area contributed by atoms with Gasteiger partial charge in [0.2, 0.25) is 5.91 Å².